The Balaban J connectivity index is 2.54. The molecule has 0 fully saturated rings. The summed E-state index contributed by atoms with van der Waals surface area (Å²) in [6.07, 6.45) is 0.307. The van der Waals surface area contributed by atoms with Crippen molar-refractivity contribution < 1.29 is 14.3 Å². The van der Waals surface area contributed by atoms with E-state index in [9.17, 15) is 9.59 Å². The van der Waals surface area contributed by atoms with Gasteiger partial charge in [0.15, 0.2) is 5.78 Å². The lowest BCUT2D eigenvalue weighted by atomic mass is 10.1. The van der Waals surface area contributed by atoms with E-state index in [1.165, 1.54) is 7.11 Å². The summed E-state index contributed by atoms with van der Waals surface area (Å²) in [5.74, 6) is 0.489. The van der Waals surface area contributed by atoms with E-state index in [2.05, 4.69) is 21.2 Å². The zero-order valence-electron chi connectivity index (χ0n) is 12.3. The van der Waals surface area contributed by atoms with Gasteiger partial charge in [-0.1, -0.05) is 22.9 Å². The Morgan fingerprint density at radius 2 is 2.10 bits per heavy atom. The molecule has 1 aromatic rings. The van der Waals surface area contributed by atoms with Gasteiger partial charge in [0.25, 0.3) is 0 Å². The van der Waals surface area contributed by atoms with Gasteiger partial charge in [-0.2, -0.15) is 0 Å². The molecule has 0 saturated carbocycles. The van der Waals surface area contributed by atoms with Crippen LogP contribution in [-0.2, 0) is 4.79 Å². The van der Waals surface area contributed by atoms with E-state index >= 15 is 0 Å². The summed E-state index contributed by atoms with van der Waals surface area (Å²) < 4.78 is 5.96. The number of carbonyl (C=O) groups is 2. The largest absolute Gasteiger partial charge is 0.496 e. The van der Waals surface area contributed by atoms with Crippen molar-refractivity contribution in [1.82, 2.24) is 5.32 Å². The summed E-state index contributed by atoms with van der Waals surface area (Å²) in [5.41, 5.74) is 5.96. The van der Waals surface area contributed by atoms with E-state index in [4.69, 9.17) is 10.5 Å². The number of Topliss-reactive ketones (excluding diaryl/α,β-unsaturated/α-hetero) is 1. The van der Waals surface area contributed by atoms with Crippen LogP contribution in [0.25, 0.3) is 0 Å². The molecule has 0 heterocycles. The molecule has 116 valence electrons. The third-order valence-electron chi connectivity index (χ3n) is 3.09. The van der Waals surface area contributed by atoms with Gasteiger partial charge in [-0.25, -0.2) is 0 Å². The summed E-state index contributed by atoms with van der Waals surface area (Å²) in [7, 11) is 1.51. The predicted octanol–water partition coefficient (Wildman–Crippen LogP) is 2.13. The van der Waals surface area contributed by atoms with Crippen LogP contribution in [0.1, 0.15) is 30.1 Å². The van der Waals surface area contributed by atoms with Gasteiger partial charge in [0, 0.05) is 23.9 Å². The zero-order chi connectivity index (χ0) is 15.8. The van der Waals surface area contributed by atoms with Crippen LogP contribution in [0.4, 0.5) is 0 Å². The lowest BCUT2D eigenvalue weighted by Crippen LogP contribution is -2.31. The van der Waals surface area contributed by atoms with Gasteiger partial charge in [-0.05, 0) is 30.7 Å². The van der Waals surface area contributed by atoms with E-state index in [1.54, 1.807) is 18.2 Å². The maximum absolute atomic E-state index is 12.2. The molecule has 1 amide bonds. The van der Waals surface area contributed by atoms with Crippen molar-refractivity contribution in [1.29, 1.82) is 0 Å². The summed E-state index contributed by atoms with van der Waals surface area (Å²) in [4.78, 5) is 23.9. The highest BCUT2D eigenvalue weighted by atomic mass is 79.9. The van der Waals surface area contributed by atoms with Gasteiger partial charge in [0.05, 0.1) is 12.7 Å². The van der Waals surface area contributed by atoms with E-state index in [0.29, 0.717) is 24.4 Å². The SMILES string of the molecule is COc1ccc(Br)cc1C(=O)CCC(=O)NCC(C)CN. The number of hydrogen-bond acceptors (Lipinski definition) is 4. The van der Waals surface area contributed by atoms with Gasteiger partial charge in [0.2, 0.25) is 5.91 Å². The Labute approximate surface area is 133 Å². The quantitative estimate of drug-likeness (QED) is 0.699. The molecule has 21 heavy (non-hydrogen) atoms. The number of halogens is 1. The van der Waals surface area contributed by atoms with Crippen molar-refractivity contribution >= 4 is 27.6 Å². The minimum atomic E-state index is -0.141. The highest BCUT2D eigenvalue weighted by Crippen LogP contribution is 2.24. The first kappa shape index (κ1) is 17.7. The van der Waals surface area contributed by atoms with Gasteiger partial charge in [0.1, 0.15) is 5.75 Å². The Morgan fingerprint density at radius 3 is 2.71 bits per heavy atom. The average molecular weight is 357 g/mol. The number of carbonyl (C=O) groups excluding carboxylic acids is 2. The molecule has 0 aromatic heterocycles. The maximum Gasteiger partial charge on any atom is 0.220 e. The smallest absolute Gasteiger partial charge is 0.220 e. The molecule has 5 nitrogen and oxygen atoms in total. The molecule has 0 bridgehead atoms. The van der Waals surface area contributed by atoms with E-state index in [-0.39, 0.29) is 30.4 Å². The minimum Gasteiger partial charge on any atom is -0.496 e. The van der Waals surface area contributed by atoms with Gasteiger partial charge >= 0.3 is 0 Å². The van der Waals surface area contributed by atoms with Crippen molar-refractivity contribution in [2.75, 3.05) is 20.2 Å². The summed E-state index contributed by atoms with van der Waals surface area (Å²) >= 11 is 3.32. The second kappa shape index (κ2) is 8.79. The Kier molecular flexibility index (Phi) is 7.39. The number of hydrogen-bond donors (Lipinski definition) is 2. The van der Waals surface area contributed by atoms with E-state index in [0.717, 1.165) is 4.47 Å². The second-order valence-corrected chi connectivity index (χ2v) is 5.83. The van der Waals surface area contributed by atoms with Crippen molar-refractivity contribution in [3.8, 4) is 5.75 Å². The maximum atomic E-state index is 12.2. The first-order chi connectivity index (χ1) is 9.97. The normalized spacial score (nSPS) is 11.8. The highest BCUT2D eigenvalue weighted by molar-refractivity contribution is 9.10. The second-order valence-electron chi connectivity index (χ2n) is 4.91. The minimum absolute atomic E-state index is 0.116. The van der Waals surface area contributed by atoms with Crippen molar-refractivity contribution in [3.63, 3.8) is 0 Å². The summed E-state index contributed by atoms with van der Waals surface area (Å²) in [6, 6.07) is 5.23. The molecule has 1 rings (SSSR count). The highest BCUT2D eigenvalue weighted by Gasteiger charge is 2.14. The van der Waals surface area contributed by atoms with Crippen LogP contribution in [0.3, 0.4) is 0 Å². The molecule has 6 heteroatoms. The van der Waals surface area contributed by atoms with Crippen LogP contribution >= 0.6 is 15.9 Å². The molecule has 0 spiro atoms. The first-order valence-corrected chi connectivity index (χ1v) is 7.60. The lowest BCUT2D eigenvalue weighted by Gasteiger charge is -2.10. The molecular formula is C15H21BrN2O3. The Bertz CT molecular complexity index is 506. The number of rotatable bonds is 8. The van der Waals surface area contributed by atoms with Gasteiger partial charge in [-0.3, -0.25) is 9.59 Å². The van der Waals surface area contributed by atoms with Crippen molar-refractivity contribution in [2.45, 2.75) is 19.8 Å². The summed E-state index contributed by atoms with van der Waals surface area (Å²) in [6.45, 7) is 3.01. The standard InChI is InChI=1S/C15H21BrN2O3/c1-10(8-17)9-18-15(20)6-4-13(19)12-7-11(16)3-5-14(12)21-2/h3,5,7,10H,4,6,8-9,17H2,1-2H3,(H,18,20). The molecule has 1 atom stereocenters. The zero-order valence-corrected chi connectivity index (χ0v) is 13.9. The molecule has 3 N–H and O–H groups in total. The number of nitrogens with one attached hydrogen (secondary N) is 1. The fourth-order valence-corrected chi connectivity index (χ4v) is 2.08. The summed E-state index contributed by atoms with van der Waals surface area (Å²) in [5, 5.41) is 2.77. The molecular weight excluding hydrogens is 336 g/mol. The van der Waals surface area contributed by atoms with Crippen LogP contribution in [0.5, 0.6) is 5.75 Å². The Morgan fingerprint density at radius 1 is 1.38 bits per heavy atom. The number of ether oxygens (including phenoxy) is 1. The van der Waals surface area contributed by atoms with Crippen LogP contribution in [-0.4, -0.2) is 31.9 Å². The number of benzene rings is 1. The molecule has 0 radical (unpaired) electrons. The van der Waals surface area contributed by atoms with Crippen LogP contribution in [0, 0.1) is 5.92 Å². The third kappa shape index (κ3) is 5.85. The molecule has 1 aromatic carbocycles. The predicted molar refractivity (Wildman–Crippen MR) is 85.5 cm³/mol. The third-order valence-corrected chi connectivity index (χ3v) is 3.58. The number of methoxy groups -OCH3 is 1. The molecule has 0 saturated heterocycles. The number of ketones is 1. The van der Waals surface area contributed by atoms with Crippen molar-refractivity contribution in [2.24, 2.45) is 11.7 Å². The van der Waals surface area contributed by atoms with Crippen LogP contribution < -0.4 is 15.8 Å². The molecule has 0 aliphatic carbocycles. The monoisotopic (exact) mass is 356 g/mol. The van der Waals surface area contributed by atoms with Gasteiger partial charge < -0.3 is 15.8 Å². The average Bonchev–Trinajstić information content (AvgIpc) is 2.49. The molecule has 1 unspecified atom stereocenters. The number of amides is 1. The van der Waals surface area contributed by atoms with Gasteiger partial charge in [-0.15, -0.1) is 0 Å². The fraction of sp³-hybridized carbons (Fsp3) is 0.467. The molecule has 0 aliphatic rings. The molecule has 0 aliphatic heterocycles. The van der Waals surface area contributed by atoms with Crippen LogP contribution in [0.15, 0.2) is 22.7 Å². The topological polar surface area (TPSA) is 81.4 Å². The van der Waals surface area contributed by atoms with E-state index in [1.807, 2.05) is 6.92 Å². The van der Waals surface area contributed by atoms with Crippen molar-refractivity contribution in [3.05, 3.63) is 28.2 Å². The van der Waals surface area contributed by atoms with E-state index < -0.39 is 0 Å². The fourth-order valence-electron chi connectivity index (χ4n) is 1.72. The first-order valence-electron chi connectivity index (χ1n) is 6.81. The lowest BCUT2D eigenvalue weighted by molar-refractivity contribution is -0.121. The van der Waals surface area contributed by atoms with Crippen LogP contribution in [0.2, 0.25) is 0 Å². The Hall–Kier alpha value is -1.40. The number of nitrogens with two attached hydrogens (primary N) is 1.